The van der Waals surface area contributed by atoms with Gasteiger partial charge in [0.1, 0.15) is 5.76 Å². The summed E-state index contributed by atoms with van der Waals surface area (Å²) in [4.78, 5) is 11.8. The molecule has 0 aliphatic carbocycles. The van der Waals surface area contributed by atoms with Crippen molar-refractivity contribution in [3.05, 3.63) is 40.6 Å². The number of hydrogen-bond acceptors (Lipinski definition) is 5. The van der Waals surface area contributed by atoms with Gasteiger partial charge in [-0.1, -0.05) is 22.8 Å². The van der Waals surface area contributed by atoms with Gasteiger partial charge in [0, 0.05) is 24.1 Å². The second-order valence-electron chi connectivity index (χ2n) is 4.93. The van der Waals surface area contributed by atoms with E-state index in [1.165, 1.54) is 12.1 Å². The number of aryl methyl sites for hydroxylation is 2. The topological polar surface area (TPSA) is 101 Å². The van der Waals surface area contributed by atoms with Gasteiger partial charge in [0.05, 0.1) is 4.90 Å². The summed E-state index contributed by atoms with van der Waals surface area (Å²) in [5, 5.41) is 6.49. The minimum Gasteiger partial charge on any atom is -0.360 e. The van der Waals surface area contributed by atoms with E-state index in [2.05, 4.69) is 15.2 Å². The van der Waals surface area contributed by atoms with Gasteiger partial charge < -0.3 is 9.84 Å². The average molecular weight is 358 g/mol. The van der Waals surface area contributed by atoms with Crippen LogP contribution < -0.4 is 10.0 Å². The number of hydrogen-bond donors (Lipinski definition) is 2. The van der Waals surface area contributed by atoms with Gasteiger partial charge in [-0.3, -0.25) is 4.79 Å². The van der Waals surface area contributed by atoms with E-state index in [9.17, 15) is 13.2 Å². The highest BCUT2D eigenvalue weighted by Crippen LogP contribution is 2.19. The highest BCUT2D eigenvalue weighted by molar-refractivity contribution is 7.89. The quantitative estimate of drug-likeness (QED) is 0.825. The normalized spacial score (nSPS) is 11.4. The van der Waals surface area contributed by atoms with Crippen molar-refractivity contribution in [1.29, 1.82) is 0 Å². The summed E-state index contributed by atoms with van der Waals surface area (Å²) in [6.07, 6.45) is -0.0370. The monoisotopic (exact) mass is 357 g/mol. The molecule has 23 heavy (non-hydrogen) atoms. The molecule has 0 bridgehead atoms. The van der Waals surface area contributed by atoms with Gasteiger partial charge in [-0.15, -0.1) is 0 Å². The van der Waals surface area contributed by atoms with Crippen LogP contribution in [0.2, 0.25) is 5.02 Å². The van der Waals surface area contributed by atoms with Crippen LogP contribution in [0.4, 0.5) is 5.82 Å². The smallest absolute Gasteiger partial charge is 0.240 e. The van der Waals surface area contributed by atoms with Crippen molar-refractivity contribution in [1.82, 2.24) is 9.88 Å². The molecule has 1 aromatic carbocycles. The molecule has 0 fully saturated rings. The van der Waals surface area contributed by atoms with Gasteiger partial charge >= 0.3 is 0 Å². The van der Waals surface area contributed by atoms with Crippen molar-refractivity contribution in [2.24, 2.45) is 0 Å². The Morgan fingerprint density at radius 3 is 2.65 bits per heavy atom. The third kappa shape index (κ3) is 4.78. The molecule has 0 atom stereocenters. The first kappa shape index (κ1) is 17.5. The number of rotatable bonds is 6. The zero-order valence-electron chi connectivity index (χ0n) is 12.6. The summed E-state index contributed by atoms with van der Waals surface area (Å²) in [7, 11) is -3.71. The van der Waals surface area contributed by atoms with Crippen molar-refractivity contribution >= 4 is 33.3 Å². The van der Waals surface area contributed by atoms with Crippen LogP contribution in [0.3, 0.4) is 0 Å². The second kappa shape index (κ2) is 7.12. The Labute approximate surface area is 139 Å². The van der Waals surface area contributed by atoms with Gasteiger partial charge in [-0.2, -0.15) is 0 Å². The van der Waals surface area contributed by atoms with Crippen molar-refractivity contribution in [2.45, 2.75) is 25.2 Å². The van der Waals surface area contributed by atoms with Crippen LogP contribution in [0.5, 0.6) is 0 Å². The SMILES string of the molecule is Cc1cc(NC(=O)CCNS(=O)(=O)c2ccc(C)c(Cl)c2)no1. The van der Waals surface area contributed by atoms with Crippen molar-refractivity contribution < 1.29 is 17.7 Å². The number of carbonyl (C=O) groups is 1. The molecule has 1 aromatic heterocycles. The number of nitrogens with zero attached hydrogens (tertiary/aromatic N) is 1. The van der Waals surface area contributed by atoms with Gasteiger partial charge in [0.25, 0.3) is 0 Å². The summed E-state index contributed by atoms with van der Waals surface area (Å²) < 4.78 is 31.4. The molecule has 1 heterocycles. The van der Waals surface area contributed by atoms with Gasteiger partial charge in [0.15, 0.2) is 5.82 Å². The van der Waals surface area contributed by atoms with Crippen molar-refractivity contribution in [2.75, 3.05) is 11.9 Å². The highest BCUT2D eigenvalue weighted by atomic mass is 35.5. The Morgan fingerprint density at radius 1 is 1.30 bits per heavy atom. The van der Waals surface area contributed by atoms with Crippen molar-refractivity contribution in [3.63, 3.8) is 0 Å². The minimum atomic E-state index is -3.71. The molecular weight excluding hydrogens is 342 g/mol. The minimum absolute atomic E-state index is 0.0370. The van der Waals surface area contributed by atoms with E-state index < -0.39 is 10.0 Å². The fourth-order valence-corrected chi connectivity index (χ4v) is 3.06. The molecule has 0 aliphatic rings. The van der Waals surface area contributed by atoms with E-state index in [0.29, 0.717) is 16.6 Å². The van der Waals surface area contributed by atoms with E-state index in [1.807, 2.05) is 0 Å². The van der Waals surface area contributed by atoms with Gasteiger partial charge in [-0.05, 0) is 31.5 Å². The zero-order chi connectivity index (χ0) is 17.0. The molecule has 0 aliphatic heterocycles. The molecule has 0 unspecified atom stereocenters. The fourth-order valence-electron chi connectivity index (χ4n) is 1.75. The Morgan fingerprint density at radius 2 is 2.04 bits per heavy atom. The molecule has 0 radical (unpaired) electrons. The van der Waals surface area contributed by atoms with Gasteiger partial charge in [-0.25, -0.2) is 13.1 Å². The van der Waals surface area contributed by atoms with Crippen LogP contribution >= 0.6 is 11.6 Å². The zero-order valence-corrected chi connectivity index (χ0v) is 14.2. The van der Waals surface area contributed by atoms with Crippen LogP contribution in [0.1, 0.15) is 17.7 Å². The molecule has 0 saturated carbocycles. The van der Waals surface area contributed by atoms with E-state index in [4.69, 9.17) is 16.1 Å². The molecule has 0 spiro atoms. The maximum atomic E-state index is 12.1. The maximum absolute atomic E-state index is 12.1. The average Bonchev–Trinajstić information content (AvgIpc) is 2.86. The summed E-state index contributed by atoms with van der Waals surface area (Å²) in [5.41, 5.74) is 0.785. The predicted octanol–water partition coefficient (Wildman–Crippen LogP) is 2.25. The number of amides is 1. The highest BCUT2D eigenvalue weighted by Gasteiger charge is 2.15. The molecule has 2 N–H and O–H groups in total. The standard InChI is InChI=1S/C14H16ClN3O4S/c1-9-3-4-11(8-12(9)15)23(20,21)16-6-5-14(19)17-13-7-10(2)22-18-13/h3-4,7-8,16H,5-6H2,1-2H3,(H,17,18,19). The summed E-state index contributed by atoms with van der Waals surface area (Å²) in [6, 6.07) is 6.02. The van der Waals surface area contributed by atoms with Crippen LogP contribution in [0, 0.1) is 13.8 Å². The second-order valence-corrected chi connectivity index (χ2v) is 7.10. The van der Waals surface area contributed by atoms with E-state index in [0.717, 1.165) is 5.56 Å². The first-order valence-electron chi connectivity index (χ1n) is 6.77. The third-order valence-electron chi connectivity index (χ3n) is 2.99. The number of aromatic nitrogens is 1. The van der Waals surface area contributed by atoms with E-state index in [-0.39, 0.29) is 23.8 Å². The molecule has 124 valence electrons. The lowest BCUT2D eigenvalue weighted by Crippen LogP contribution is -2.28. The largest absolute Gasteiger partial charge is 0.360 e. The first-order chi connectivity index (χ1) is 10.8. The maximum Gasteiger partial charge on any atom is 0.240 e. The molecule has 2 aromatic rings. The van der Waals surface area contributed by atoms with Gasteiger partial charge in [0.2, 0.25) is 15.9 Å². The number of benzene rings is 1. The van der Waals surface area contributed by atoms with Crippen LogP contribution in [0.15, 0.2) is 33.7 Å². The number of nitrogens with one attached hydrogen (secondary N) is 2. The number of carbonyl (C=O) groups excluding carboxylic acids is 1. The lowest BCUT2D eigenvalue weighted by atomic mass is 10.2. The third-order valence-corrected chi connectivity index (χ3v) is 4.86. The van der Waals surface area contributed by atoms with Crippen LogP contribution in [0.25, 0.3) is 0 Å². The Balaban J connectivity index is 1.89. The molecule has 0 saturated heterocycles. The first-order valence-corrected chi connectivity index (χ1v) is 8.63. The molecule has 7 nitrogen and oxygen atoms in total. The molecule has 1 amide bonds. The van der Waals surface area contributed by atoms with Crippen LogP contribution in [-0.4, -0.2) is 26.0 Å². The number of halogens is 1. The Bertz CT molecular complexity index is 817. The number of sulfonamides is 1. The molecular formula is C14H16ClN3O4S. The lowest BCUT2D eigenvalue weighted by molar-refractivity contribution is -0.116. The lowest BCUT2D eigenvalue weighted by Gasteiger charge is -2.08. The van der Waals surface area contributed by atoms with E-state index >= 15 is 0 Å². The predicted molar refractivity (Wildman–Crippen MR) is 85.9 cm³/mol. The summed E-state index contributed by atoms with van der Waals surface area (Å²) in [6.45, 7) is 3.43. The van der Waals surface area contributed by atoms with Crippen molar-refractivity contribution in [3.8, 4) is 0 Å². The van der Waals surface area contributed by atoms with E-state index in [1.54, 1.807) is 26.0 Å². The number of anilines is 1. The molecule has 9 heteroatoms. The fraction of sp³-hybridized carbons (Fsp3) is 0.286. The van der Waals surface area contributed by atoms with Crippen LogP contribution in [-0.2, 0) is 14.8 Å². The summed E-state index contributed by atoms with van der Waals surface area (Å²) >= 11 is 5.92. The summed E-state index contributed by atoms with van der Waals surface area (Å²) in [5.74, 6) is 0.487. The Hall–Kier alpha value is -1.90. The Kier molecular flexibility index (Phi) is 5.40. The molecule has 2 rings (SSSR count).